The van der Waals surface area contributed by atoms with Crippen molar-refractivity contribution < 1.29 is 22.4 Å². The summed E-state index contributed by atoms with van der Waals surface area (Å²) >= 11 is 0. The Bertz CT molecular complexity index is 1040. The molecule has 0 unspecified atom stereocenters. The molecule has 0 spiro atoms. The van der Waals surface area contributed by atoms with E-state index in [1.54, 1.807) is 18.2 Å². The number of hydrogen-bond donors (Lipinski definition) is 1. The maximum atomic E-state index is 14.4. The second-order valence-electron chi connectivity index (χ2n) is 5.33. The number of carbonyl (C=O) groups is 2. The Morgan fingerprint density at radius 3 is 2.16 bits per heavy atom. The third-order valence-electron chi connectivity index (χ3n) is 3.54. The number of nitrogens with zero attached hydrogens (tertiary/aromatic N) is 2. The molecule has 0 fully saturated rings. The second kappa shape index (κ2) is 5.68. The van der Waals surface area contributed by atoms with Crippen LogP contribution in [0.2, 0.25) is 0 Å². The predicted octanol–water partition coefficient (Wildman–Crippen LogP) is 1.87. The summed E-state index contributed by atoms with van der Waals surface area (Å²) in [5.74, 6) is -2.45. The SMILES string of the molecule is CS(=O)(=O)Nc1cc(N2C(=O)c3ccccc3C2=O)c(F)cc1C#N. The molecule has 7 nitrogen and oxygen atoms in total. The number of rotatable bonds is 3. The number of carbonyl (C=O) groups excluding carboxylic acids is 2. The van der Waals surface area contributed by atoms with E-state index >= 15 is 0 Å². The molecule has 25 heavy (non-hydrogen) atoms. The van der Waals surface area contributed by atoms with Gasteiger partial charge in [0, 0.05) is 0 Å². The molecule has 2 aromatic rings. The van der Waals surface area contributed by atoms with E-state index in [-0.39, 0.29) is 22.4 Å². The van der Waals surface area contributed by atoms with Crippen molar-refractivity contribution in [3.63, 3.8) is 0 Å². The third-order valence-corrected chi connectivity index (χ3v) is 4.13. The molecule has 2 aromatic carbocycles. The molecule has 0 aromatic heterocycles. The molecule has 3 rings (SSSR count). The Balaban J connectivity index is 2.16. The monoisotopic (exact) mass is 359 g/mol. The van der Waals surface area contributed by atoms with Gasteiger partial charge in [0.1, 0.15) is 11.9 Å². The van der Waals surface area contributed by atoms with Crippen molar-refractivity contribution in [1.29, 1.82) is 5.26 Å². The van der Waals surface area contributed by atoms with E-state index in [1.165, 1.54) is 12.1 Å². The first-order chi connectivity index (χ1) is 11.7. The summed E-state index contributed by atoms with van der Waals surface area (Å²) in [5.41, 5.74) is -0.694. The number of imide groups is 1. The van der Waals surface area contributed by atoms with Crippen LogP contribution in [0, 0.1) is 17.1 Å². The molecular formula is C16H10FN3O4S. The minimum absolute atomic E-state index is 0.119. The number of nitrogens with one attached hydrogen (secondary N) is 1. The highest BCUT2D eigenvalue weighted by molar-refractivity contribution is 7.92. The Labute approximate surface area is 142 Å². The minimum Gasteiger partial charge on any atom is -0.282 e. The average molecular weight is 359 g/mol. The summed E-state index contributed by atoms with van der Waals surface area (Å²) in [5, 5.41) is 9.04. The van der Waals surface area contributed by atoms with E-state index in [4.69, 9.17) is 5.26 Å². The topological polar surface area (TPSA) is 107 Å². The zero-order valence-electron chi connectivity index (χ0n) is 12.8. The molecule has 0 bridgehead atoms. The second-order valence-corrected chi connectivity index (χ2v) is 7.07. The fraction of sp³-hybridized carbons (Fsp3) is 0.0625. The summed E-state index contributed by atoms with van der Waals surface area (Å²) < 4.78 is 39.3. The lowest BCUT2D eigenvalue weighted by Crippen LogP contribution is -2.30. The lowest BCUT2D eigenvalue weighted by molar-refractivity contribution is 0.0925. The Morgan fingerprint density at radius 1 is 1.12 bits per heavy atom. The normalized spacial score (nSPS) is 13.6. The quantitative estimate of drug-likeness (QED) is 0.842. The van der Waals surface area contributed by atoms with Crippen LogP contribution >= 0.6 is 0 Å². The fourth-order valence-electron chi connectivity index (χ4n) is 2.52. The van der Waals surface area contributed by atoms with Crippen LogP contribution in [-0.2, 0) is 10.0 Å². The number of hydrogen-bond acceptors (Lipinski definition) is 5. The van der Waals surface area contributed by atoms with Crippen molar-refractivity contribution in [3.8, 4) is 6.07 Å². The van der Waals surface area contributed by atoms with E-state index in [0.717, 1.165) is 18.4 Å². The lowest BCUT2D eigenvalue weighted by Gasteiger charge is -2.17. The summed E-state index contributed by atoms with van der Waals surface area (Å²) in [7, 11) is -3.76. The zero-order chi connectivity index (χ0) is 18.4. The van der Waals surface area contributed by atoms with Crippen molar-refractivity contribution >= 4 is 33.2 Å². The molecule has 0 saturated heterocycles. The van der Waals surface area contributed by atoms with Gasteiger partial charge in [0.05, 0.1) is 34.3 Å². The van der Waals surface area contributed by atoms with Gasteiger partial charge in [-0.3, -0.25) is 14.3 Å². The van der Waals surface area contributed by atoms with Gasteiger partial charge < -0.3 is 0 Å². The minimum atomic E-state index is -3.76. The van der Waals surface area contributed by atoms with E-state index in [2.05, 4.69) is 4.72 Å². The van der Waals surface area contributed by atoms with Crippen LogP contribution < -0.4 is 9.62 Å². The van der Waals surface area contributed by atoms with Crippen LogP contribution in [0.1, 0.15) is 26.3 Å². The number of benzene rings is 2. The number of anilines is 2. The summed E-state index contributed by atoms with van der Waals surface area (Å²) in [6.45, 7) is 0. The average Bonchev–Trinajstić information content (AvgIpc) is 2.79. The molecule has 1 N–H and O–H groups in total. The molecule has 0 radical (unpaired) electrons. The van der Waals surface area contributed by atoms with E-state index in [9.17, 15) is 22.4 Å². The van der Waals surface area contributed by atoms with E-state index < -0.39 is 33.3 Å². The molecule has 1 aliphatic rings. The van der Waals surface area contributed by atoms with Crippen LogP contribution in [0.25, 0.3) is 0 Å². The van der Waals surface area contributed by atoms with Crippen molar-refractivity contribution in [2.45, 2.75) is 0 Å². The number of halogens is 1. The third kappa shape index (κ3) is 2.83. The van der Waals surface area contributed by atoms with Crippen LogP contribution in [0.3, 0.4) is 0 Å². The molecule has 1 aliphatic heterocycles. The van der Waals surface area contributed by atoms with Crippen molar-refractivity contribution in [1.82, 2.24) is 0 Å². The van der Waals surface area contributed by atoms with Crippen molar-refractivity contribution in [2.24, 2.45) is 0 Å². The van der Waals surface area contributed by atoms with Crippen molar-refractivity contribution in [2.75, 3.05) is 15.9 Å². The van der Waals surface area contributed by atoms with Crippen LogP contribution in [0.15, 0.2) is 36.4 Å². The maximum absolute atomic E-state index is 14.4. The smallest absolute Gasteiger partial charge is 0.266 e. The van der Waals surface area contributed by atoms with Gasteiger partial charge >= 0.3 is 0 Å². The molecule has 9 heteroatoms. The zero-order valence-corrected chi connectivity index (χ0v) is 13.6. The molecule has 2 amide bonds. The van der Waals surface area contributed by atoms with Gasteiger partial charge in [0.2, 0.25) is 10.0 Å². The van der Waals surface area contributed by atoms with E-state index in [1.807, 2.05) is 0 Å². The van der Waals surface area contributed by atoms with Gasteiger partial charge in [-0.25, -0.2) is 17.7 Å². The number of nitriles is 1. The lowest BCUT2D eigenvalue weighted by atomic mass is 10.1. The van der Waals surface area contributed by atoms with E-state index in [0.29, 0.717) is 4.90 Å². The maximum Gasteiger partial charge on any atom is 0.266 e. The van der Waals surface area contributed by atoms with Gasteiger partial charge in [0.25, 0.3) is 11.8 Å². The van der Waals surface area contributed by atoms with Crippen LogP contribution in [0.5, 0.6) is 0 Å². The highest BCUT2D eigenvalue weighted by Crippen LogP contribution is 2.33. The fourth-order valence-corrected chi connectivity index (χ4v) is 3.09. The van der Waals surface area contributed by atoms with Crippen LogP contribution in [0.4, 0.5) is 15.8 Å². The molecule has 126 valence electrons. The molecule has 0 saturated carbocycles. The summed E-state index contributed by atoms with van der Waals surface area (Å²) in [6, 6.07) is 9.40. The molecule has 0 atom stereocenters. The number of amides is 2. The van der Waals surface area contributed by atoms with Gasteiger partial charge in [-0.05, 0) is 24.3 Å². The predicted molar refractivity (Wildman–Crippen MR) is 87.2 cm³/mol. The van der Waals surface area contributed by atoms with Gasteiger partial charge in [-0.15, -0.1) is 0 Å². The standard InChI is InChI=1S/C16H10FN3O4S/c1-25(23,24)19-13-7-14(12(17)6-9(13)8-18)20-15(21)10-4-2-3-5-11(10)16(20)22/h2-7,19H,1H3. The van der Waals surface area contributed by atoms with Crippen molar-refractivity contribution in [3.05, 3.63) is 58.9 Å². The first-order valence-corrected chi connectivity index (χ1v) is 8.81. The Kier molecular flexibility index (Phi) is 3.77. The number of fused-ring (bicyclic) bond motifs is 1. The highest BCUT2D eigenvalue weighted by atomic mass is 32.2. The highest BCUT2D eigenvalue weighted by Gasteiger charge is 2.38. The van der Waals surface area contributed by atoms with Gasteiger partial charge in [-0.2, -0.15) is 5.26 Å². The molecular weight excluding hydrogens is 349 g/mol. The first-order valence-electron chi connectivity index (χ1n) is 6.92. The summed E-state index contributed by atoms with van der Waals surface area (Å²) in [6.07, 6.45) is 0.860. The largest absolute Gasteiger partial charge is 0.282 e. The summed E-state index contributed by atoms with van der Waals surface area (Å²) in [4.78, 5) is 25.5. The number of sulfonamides is 1. The molecule has 1 heterocycles. The molecule has 0 aliphatic carbocycles. The van der Waals surface area contributed by atoms with Crippen LogP contribution in [-0.4, -0.2) is 26.5 Å². The Morgan fingerprint density at radius 2 is 1.68 bits per heavy atom. The van der Waals surface area contributed by atoms with Gasteiger partial charge in [-0.1, -0.05) is 12.1 Å². The van der Waals surface area contributed by atoms with Gasteiger partial charge in [0.15, 0.2) is 0 Å². The first kappa shape index (κ1) is 16.6. The Hall–Kier alpha value is -3.25.